The van der Waals surface area contributed by atoms with Crippen LogP contribution in [0.1, 0.15) is 37.3 Å². The fourth-order valence-electron chi connectivity index (χ4n) is 2.35. The predicted molar refractivity (Wildman–Crippen MR) is 113 cm³/mol. The van der Waals surface area contributed by atoms with E-state index in [0.29, 0.717) is 0 Å². The van der Waals surface area contributed by atoms with Gasteiger partial charge < -0.3 is 5.11 Å². The molecule has 7 heteroatoms. The molecule has 0 spiro atoms. The Kier molecular flexibility index (Phi) is 10.8. The number of nitrogens with one attached hydrogen (secondary N) is 1. The van der Waals surface area contributed by atoms with Crippen LogP contribution in [-0.4, -0.2) is 31.4 Å². The Morgan fingerprint density at radius 1 is 1.07 bits per heavy atom. The predicted octanol–water partition coefficient (Wildman–Crippen LogP) is 4.38. The van der Waals surface area contributed by atoms with Gasteiger partial charge in [-0.05, 0) is 37.5 Å². The maximum absolute atomic E-state index is 12.3. The summed E-state index contributed by atoms with van der Waals surface area (Å²) in [7, 11) is -3.87. The van der Waals surface area contributed by atoms with E-state index >= 15 is 0 Å². The van der Waals surface area contributed by atoms with Crippen LogP contribution >= 0.6 is 11.6 Å². The zero-order chi connectivity index (χ0) is 21.0. The van der Waals surface area contributed by atoms with E-state index in [2.05, 4.69) is 11.6 Å². The van der Waals surface area contributed by atoms with Gasteiger partial charge in [0.1, 0.15) is 6.04 Å². The molecule has 1 unspecified atom stereocenters. The lowest BCUT2D eigenvalue weighted by molar-refractivity contribution is -0.138. The molecule has 154 valence electrons. The van der Waals surface area contributed by atoms with Crippen LogP contribution < -0.4 is 4.72 Å². The number of unbranched alkanes of at least 4 members (excludes halogenated alkanes) is 2. The average molecular weight is 426 g/mol. The summed E-state index contributed by atoms with van der Waals surface area (Å²) >= 11 is 5.38. The molecule has 2 aromatic rings. The molecule has 2 rings (SSSR count). The lowest BCUT2D eigenvalue weighted by atomic mass is 10.1. The molecule has 0 aliphatic heterocycles. The van der Waals surface area contributed by atoms with Gasteiger partial charge in [-0.3, -0.25) is 4.79 Å². The van der Waals surface area contributed by atoms with Gasteiger partial charge in [-0.15, -0.1) is 11.6 Å². The smallest absolute Gasteiger partial charge is 0.322 e. The summed E-state index contributed by atoms with van der Waals surface area (Å²) in [6, 6.07) is 13.9. The first-order chi connectivity index (χ1) is 13.3. The van der Waals surface area contributed by atoms with Gasteiger partial charge in [0.15, 0.2) is 0 Å². The number of carboxylic acid groups (broad SMARTS) is 1. The SMILES string of the molecule is CCCCCCl.Cc1ccc(S(=O)(=O)NC(Cc2ccccc2)C(=O)O)cc1. The van der Waals surface area contributed by atoms with Crippen molar-refractivity contribution in [3.05, 3.63) is 65.7 Å². The van der Waals surface area contributed by atoms with Crippen LogP contribution in [0.4, 0.5) is 0 Å². The minimum absolute atomic E-state index is 0.0532. The van der Waals surface area contributed by atoms with Gasteiger partial charge in [0.05, 0.1) is 4.90 Å². The van der Waals surface area contributed by atoms with Gasteiger partial charge in [0, 0.05) is 5.88 Å². The summed E-state index contributed by atoms with van der Waals surface area (Å²) < 4.78 is 26.8. The first-order valence-corrected chi connectivity index (χ1v) is 11.2. The fourth-order valence-corrected chi connectivity index (χ4v) is 3.72. The number of hydrogen-bond acceptors (Lipinski definition) is 3. The molecule has 0 saturated heterocycles. The summed E-state index contributed by atoms with van der Waals surface area (Å²) in [5, 5.41) is 9.26. The number of aliphatic carboxylic acids is 1. The van der Waals surface area contributed by atoms with Crippen molar-refractivity contribution in [2.45, 2.75) is 50.5 Å². The number of alkyl halides is 1. The number of carboxylic acids is 1. The molecule has 0 saturated carbocycles. The summed E-state index contributed by atoms with van der Waals surface area (Å²) in [6.45, 7) is 4.02. The van der Waals surface area contributed by atoms with Crippen molar-refractivity contribution >= 4 is 27.6 Å². The molecule has 0 aliphatic carbocycles. The monoisotopic (exact) mass is 425 g/mol. The van der Waals surface area contributed by atoms with Crippen LogP contribution in [0.5, 0.6) is 0 Å². The molecule has 2 N–H and O–H groups in total. The molecule has 0 aliphatic rings. The highest BCUT2D eigenvalue weighted by Crippen LogP contribution is 2.12. The summed E-state index contributed by atoms with van der Waals surface area (Å²) in [5.74, 6) is -0.382. The van der Waals surface area contributed by atoms with Crippen molar-refractivity contribution in [3.8, 4) is 0 Å². The second-order valence-corrected chi connectivity index (χ2v) is 8.50. The highest BCUT2D eigenvalue weighted by molar-refractivity contribution is 7.89. The third-order valence-corrected chi connectivity index (χ3v) is 5.70. The molecule has 0 heterocycles. The Morgan fingerprint density at radius 2 is 1.68 bits per heavy atom. The van der Waals surface area contributed by atoms with Gasteiger partial charge in [0.2, 0.25) is 10.0 Å². The zero-order valence-corrected chi connectivity index (χ0v) is 17.8. The van der Waals surface area contributed by atoms with Crippen molar-refractivity contribution in [1.29, 1.82) is 0 Å². The summed E-state index contributed by atoms with van der Waals surface area (Å²) in [5.41, 5.74) is 1.68. The second kappa shape index (κ2) is 12.5. The van der Waals surface area contributed by atoms with Crippen LogP contribution in [-0.2, 0) is 21.2 Å². The maximum atomic E-state index is 12.3. The highest BCUT2D eigenvalue weighted by Gasteiger charge is 2.25. The van der Waals surface area contributed by atoms with Crippen molar-refractivity contribution < 1.29 is 18.3 Å². The minimum atomic E-state index is -3.87. The van der Waals surface area contributed by atoms with Crippen molar-refractivity contribution in [2.24, 2.45) is 0 Å². The number of rotatable bonds is 9. The van der Waals surface area contributed by atoms with Gasteiger partial charge >= 0.3 is 5.97 Å². The standard InChI is InChI=1S/C16H17NO4S.C5H11Cl/c1-12-7-9-14(10-8-12)22(20,21)17-15(16(18)19)11-13-5-3-2-4-6-13;1-2-3-4-5-6/h2-10,15,17H,11H2,1H3,(H,18,19);2-5H2,1H3. The second-order valence-electron chi connectivity index (χ2n) is 6.41. The number of carbonyl (C=O) groups is 1. The van der Waals surface area contributed by atoms with Crippen LogP contribution in [0.25, 0.3) is 0 Å². The zero-order valence-electron chi connectivity index (χ0n) is 16.3. The first-order valence-electron chi connectivity index (χ1n) is 9.21. The molecule has 0 amide bonds. The molecular weight excluding hydrogens is 398 g/mol. The lowest BCUT2D eigenvalue weighted by Crippen LogP contribution is -2.42. The van der Waals surface area contributed by atoms with E-state index in [0.717, 1.165) is 17.0 Å². The number of halogens is 1. The fraction of sp³-hybridized carbons (Fsp3) is 0.381. The molecule has 2 aromatic carbocycles. The van der Waals surface area contributed by atoms with Crippen LogP contribution in [0.3, 0.4) is 0 Å². The lowest BCUT2D eigenvalue weighted by Gasteiger charge is -2.15. The number of aryl methyl sites for hydroxylation is 1. The largest absolute Gasteiger partial charge is 0.480 e. The van der Waals surface area contributed by atoms with E-state index in [9.17, 15) is 18.3 Å². The Hall–Kier alpha value is -1.89. The minimum Gasteiger partial charge on any atom is -0.480 e. The van der Waals surface area contributed by atoms with Crippen LogP contribution in [0, 0.1) is 6.92 Å². The molecular formula is C21H28ClNO4S. The molecule has 0 radical (unpaired) electrons. The summed E-state index contributed by atoms with van der Waals surface area (Å²) in [4.78, 5) is 11.4. The topological polar surface area (TPSA) is 83.5 Å². The van der Waals surface area contributed by atoms with E-state index in [1.54, 1.807) is 36.4 Å². The van der Waals surface area contributed by atoms with E-state index in [1.807, 2.05) is 13.0 Å². The van der Waals surface area contributed by atoms with Crippen molar-refractivity contribution in [2.75, 3.05) is 5.88 Å². The van der Waals surface area contributed by atoms with Gasteiger partial charge in [-0.25, -0.2) is 8.42 Å². The average Bonchev–Trinajstić information content (AvgIpc) is 2.67. The molecule has 28 heavy (non-hydrogen) atoms. The Bertz CT molecular complexity index is 804. The molecule has 0 fully saturated rings. The number of hydrogen-bond donors (Lipinski definition) is 2. The molecule has 1 atom stereocenters. The third kappa shape index (κ3) is 8.87. The van der Waals surface area contributed by atoms with E-state index in [4.69, 9.17) is 11.6 Å². The van der Waals surface area contributed by atoms with Crippen LogP contribution in [0.2, 0.25) is 0 Å². The number of sulfonamides is 1. The molecule has 0 bridgehead atoms. The molecule has 5 nitrogen and oxygen atoms in total. The van der Waals surface area contributed by atoms with E-state index in [-0.39, 0.29) is 11.3 Å². The van der Waals surface area contributed by atoms with Gasteiger partial charge in [0.25, 0.3) is 0 Å². The van der Waals surface area contributed by atoms with E-state index < -0.39 is 22.0 Å². The Balaban J connectivity index is 0.000000568. The van der Waals surface area contributed by atoms with Crippen molar-refractivity contribution in [3.63, 3.8) is 0 Å². The highest BCUT2D eigenvalue weighted by atomic mass is 35.5. The molecule has 0 aromatic heterocycles. The van der Waals surface area contributed by atoms with Crippen molar-refractivity contribution in [1.82, 2.24) is 4.72 Å². The first kappa shape index (κ1) is 24.1. The quantitative estimate of drug-likeness (QED) is 0.461. The Morgan fingerprint density at radius 3 is 2.14 bits per heavy atom. The van der Waals surface area contributed by atoms with E-state index in [1.165, 1.54) is 31.4 Å². The number of benzene rings is 2. The third-order valence-electron chi connectivity index (χ3n) is 3.95. The van der Waals surface area contributed by atoms with Crippen LogP contribution in [0.15, 0.2) is 59.5 Å². The van der Waals surface area contributed by atoms with Gasteiger partial charge in [-0.1, -0.05) is 67.8 Å². The normalized spacial score (nSPS) is 12.0. The maximum Gasteiger partial charge on any atom is 0.322 e. The summed E-state index contributed by atoms with van der Waals surface area (Å²) in [6.07, 6.45) is 3.82. The van der Waals surface area contributed by atoms with Gasteiger partial charge in [-0.2, -0.15) is 4.72 Å². The Labute approximate surface area is 172 Å².